The summed E-state index contributed by atoms with van der Waals surface area (Å²) in [5.74, 6) is -1.04. The minimum absolute atomic E-state index is 0.188. The molecule has 33 heavy (non-hydrogen) atoms. The van der Waals surface area contributed by atoms with E-state index < -0.39 is 40.2 Å². The molecule has 2 amide bonds. The molecule has 0 fully saturated rings. The third-order valence-corrected chi connectivity index (χ3v) is 6.20. The number of methoxy groups -OCH3 is 1. The summed E-state index contributed by atoms with van der Waals surface area (Å²) in [6, 6.07) is 11.2. The number of hydrogen-bond donors (Lipinski definition) is 1. The highest BCUT2D eigenvalue weighted by Gasteiger charge is 2.30. The van der Waals surface area contributed by atoms with Gasteiger partial charge in [0.1, 0.15) is 24.2 Å². The van der Waals surface area contributed by atoms with E-state index in [-0.39, 0.29) is 17.8 Å². The number of halogens is 1. The van der Waals surface area contributed by atoms with Crippen LogP contribution in [0, 0.1) is 5.82 Å². The van der Waals surface area contributed by atoms with Crippen molar-refractivity contribution in [2.24, 2.45) is 0 Å². The number of ether oxygens (including phenoxy) is 1. The molecule has 0 aliphatic carbocycles. The van der Waals surface area contributed by atoms with Crippen LogP contribution in [0.1, 0.15) is 25.8 Å². The zero-order valence-corrected chi connectivity index (χ0v) is 20.1. The van der Waals surface area contributed by atoms with Crippen molar-refractivity contribution in [3.8, 4) is 5.75 Å². The summed E-state index contributed by atoms with van der Waals surface area (Å²) in [5.41, 5.74) is 0.483. The zero-order chi connectivity index (χ0) is 24.6. The first-order valence-corrected chi connectivity index (χ1v) is 12.4. The van der Waals surface area contributed by atoms with Gasteiger partial charge in [-0.1, -0.05) is 25.1 Å². The number of anilines is 1. The maximum atomic E-state index is 14.3. The quantitative estimate of drug-likeness (QED) is 0.534. The van der Waals surface area contributed by atoms with E-state index in [0.717, 1.165) is 10.6 Å². The van der Waals surface area contributed by atoms with E-state index in [2.05, 4.69) is 5.32 Å². The van der Waals surface area contributed by atoms with Crippen molar-refractivity contribution in [3.05, 3.63) is 59.9 Å². The largest absolute Gasteiger partial charge is 0.497 e. The Morgan fingerprint density at radius 3 is 2.30 bits per heavy atom. The number of benzene rings is 2. The van der Waals surface area contributed by atoms with Gasteiger partial charge in [-0.2, -0.15) is 0 Å². The van der Waals surface area contributed by atoms with E-state index >= 15 is 0 Å². The van der Waals surface area contributed by atoms with Crippen LogP contribution in [0.3, 0.4) is 0 Å². The molecule has 2 aromatic rings. The maximum Gasteiger partial charge on any atom is 0.244 e. The fourth-order valence-corrected chi connectivity index (χ4v) is 4.00. The van der Waals surface area contributed by atoms with Gasteiger partial charge >= 0.3 is 0 Å². The van der Waals surface area contributed by atoms with Gasteiger partial charge in [-0.15, -0.1) is 0 Å². The first kappa shape index (κ1) is 26.1. The van der Waals surface area contributed by atoms with E-state index in [1.807, 2.05) is 6.92 Å². The number of nitrogens with zero attached hydrogens (tertiary/aromatic N) is 2. The summed E-state index contributed by atoms with van der Waals surface area (Å²) < 4.78 is 45.3. The van der Waals surface area contributed by atoms with Gasteiger partial charge in [0, 0.05) is 18.7 Å². The van der Waals surface area contributed by atoms with Gasteiger partial charge in [-0.25, -0.2) is 12.8 Å². The van der Waals surface area contributed by atoms with Crippen LogP contribution in [0.4, 0.5) is 10.1 Å². The molecule has 0 aromatic heterocycles. The molecule has 0 unspecified atom stereocenters. The van der Waals surface area contributed by atoms with E-state index in [9.17, 15) is 22.4 Å². The second-order valence-electron chi connectivity index (χ2n) is 7.55. The van der Waals surface area contributed by atoms with Crippen LogP contribution in [0.25, 0.3) is 0 Å². The van der Waals surface area contributed by atoms with Crippen molar-refractivity contribution < 1.29 is 27.1 Å². The summed E-state index contributed by atoms with van der Waals surface area (Å²) in [6.45, 7) is 3.11. The van der Waals surface area contributed by atoms with Gasteiger partial charge in [-0.05, 0) is 43.7 Å². The van der Waals surface area contributed by atoms with Crippen LogP contribution >= 0.6 is 0 Å². The highest BCUT2D eigenvalue weighted by Crippen LogP contribution is 2.22. The molecule has 8 nitrogen and oxygen atoms in total. The predicted molar refractivity (Wildman–Crippen MR) is 125 cm³/mol. The smallest absolute Gasteiger partial charge is 0.244 e. The van der Waals surface area contributed by atoms with E-state index in [4.69, 9.17) is 4.74 Å². The Hall–Kier alpha value is -3.14. The standard InChI is InChI=1S/C23H30FN3O5S/c1-5-14-25-23(29)17(2)26(15-18-8-6-7-9-21(18)24)22(28)16-27(33(4,30)31)19-10-12-20(32-3)13-11-19/h6-13,17H,5,14-16H2,1-4H3,(H,25,29)/t17-/m1/s1. The Balaban J connectivity index is 2.37. The molecule has 0 spiro atoms. The maximum absolute atomic E-state index is 14.3. The van der Waals surface area contributed by atoms with Crippen molar-refractivity contribution in [1.82, 2.24) is 10.2 Å². The van der Waals surface area contributed by atoms with Crippen LogP contribution in [0.15, 0.2) is 48.5 Å². The minimum Gasteiger partial charge on any atom is -0.497 e. The van der Waals surface area contributed by atoms with Gasteiger partial charge in [0.25, 0.3) is 0 Å². The molecular weight excluding hydrogens is 449 g/mol. The minimum atomic E-state index is -3.84. The lowest BCUT2D eigenvalue weighted by Gasteiger charge is -2.31. The normalized spacial score (nSPS) is 12.0. The van der Waals surface area contributed by atoms with Crippen LogP contribution in [0.2, 0.25) is 0 Å². The SMILES string of the molecule is CCCNC(=O)[C@@H](C)N(Cc1ccccc1F)C(=O)CN(c1ccc(OC)cc1)S(C)(=O)=O. The number of rotatable bonds is 11. The lowest BCUT2D eigenvalue weighted by Crippen LogP contribution is -2.51. The van der Waals surface area contributed by atoms with Gasteiger partial charge in [0.2, 0.25) is 21.8 Å². The number of carbonyl (C=O) groups is 2. The molecule has 2 rings (SSSR count). The van der Waals surface area contributed by atoms with Gasteiger partial charge in [0.05, 0.1) is 19.1 Å². The number of hydrogen-bond acceptors (Lipinski definition) is 5. The Morgan fingerprint density at radius 2 is 1.76 bits per heavy atom. The van der Waals surface area contributed by atoms with E-state index in [1.54, 1.807) is 18.2 Å². The van der Waals surface area contributed by atoms with Crippen LogP contribution < -0.4 is 14.4 Å². The van der Waals surface area contributed by atoms with Crippen molar-refractivity contribution in [1.29, 1.82) is 0 Å². The molecule has 0 saturated heterocycles. The number of sulfonamides is 1. The highest BCUT2D eigenvalue weighted by molar-refractivity contribution is 7.92. The highest BCUT2D eigenvalue weighted by atomic mass is 32.2. The third kappa shape index (κ3) is 7.18. The molecule has 180 valence electrons. The molecule has 10 heteroatoms. The Kier molecular flexibility index (Phi) is 9.22. The summed E-state index contributed by atoms with van der Waals surface area (Å²) in [4.78, 5) is 27.1. The zero-order valence-electron chi connectivity index (χ0n) is 19.2. The van der Waals surface area contributed by atoms with Crippen LogP contribution in [-0.2, 0) is 26.2 Å². The fourth-order valence-electron chi connectivity index (χ4n) is 3.15. The molecule has 0 aliphatic rings. The van der Waals surface area contributed by atoms with Crippen molar-refractivity contribution in [2.45, 2.75) is 32.9 Å². The average molecular weight is 480 g/mol. The molecule has 1 atom stereocenters. The van der Waals surface area contributed by atoms with Crippen molar-refractivity contribution >= 4 is 27.5 Å². The first-order valence-electron chi connectivity index (χ1n) is 10.5. The molecule has 0 radical (unpaired) electrons. The van der Waals surface area contributed by atoms with Gasteiger partial charge in [0.15, 0.2) is 0 Å². The number of amides is 2. The Morgan fingerprint density at radius 1 is 1.12 bits per heavy atom. The Bertz CT molecular complexity index is 1060. The van der Waals surface area contributed by atoms with Gasteiger partial charge < -0.3 is 15.0 Å². The number of nitrogens with one attached hydrogen (secondary N) is 1. The molecular formula is C23H30FN3O5S. The number of carbonyl (C=O) groups excluding carboxylic acids is 2. The summed E-state index contributed by atoms with van der Waals surface area (Å²) in [5, 5.41) is 2.72. The molecule has 1 N–H and O–H groups in total. The van der Waals surface area contributed by atoms with Crippen LogP contribution in [-0.4, -0.2) is 57.6 Å². The lowest BCUT2D eigenvalue weighted by atomic mass is 10.1. The second-order valence-corrected chi connectivity index (χ2v) is 9.45. The summed E-state index contributed by atoms with van der Waals surface area (Å²) in [6.07, 6.45) is 1.70. The second kappa shape index (κ2) is 11.6. The predicted octanol–water partition coefficient (Wildman–Crippen LogP) is 2.54. The van der Waals surface area contributed by atoms with Crippen molar-refractivity contribution in [2.75, 3.05) is 30.8 Å². The molecule has 2 aromatic carbocycles. The summed E-state index contributed by atoms with van der Waals surface area (Å²) in [7, 11) is -2.35. The van der Waals surface area contributed by atoms with Crippen molar-refractivity contribution in [3.63, 3.8) is 0 Å². The molecule has 0 heterocycles. The lowest BCUT2D eigenvalue weighted by molar-refractivity contribution is -0.139. The monoisotopic (exact) mass is 479 g/mol. The van der Waals surface area contributed by atoms with E-state index in [1.165, 1.54) is 49.3 Å². The van der Waals surface area contributed by atoms with Gasteiger partial charge in [-0.3, -0.25) is 13.9 Å². The third-order valence-electron chi connectivity index (χ3n) is 5.05. The summed E-state index contributed by atoms with van der Waals surface area (Å²) >= 11 is 0. The fraction of sp³-hybridized carbons (Fsp3) is 0.391. The topological polar surface area (TPSA) is 96.0 Å². The average Bonchev–Trinajstić information content (AvgIpc) is 2.79. The first-order chi connectivity index (χ1) is 15.6. The molecule has 0 bridgehead atoms. The van der Waals surface area contributed by atoms with E-state index in [0.29, 0.717) is 18.7 Å². The Labute approximate surface area is 194 Å². The molecule has 0 aliphatic heterocycles. The van der Waals surface area contributed by atoms with Crippen LogP contribution in [0.5, 0.6) is 5.75 Å². The molecule has 0 saturated carbocycles.